The molecule has 13 heteroatoms. The van der Waals surface area contributed by atoms with Crippen LogP contribution in [-0.4, -0.2) is 75.9 Å². The van der Waals surface area contributed by atoms with Crippen molar-refractivity contribution >= 4 is 64.1 Å². The summed E-state index contributed by atoms with van der Waals surface area (Å²) < 4.78 is 5.64. The van der Waals surface area contributed by atoms with E-state index < -0.39 is 5.40 Å². The molecule has 2 saturated heterocycles. The van der Waals surface area contributed by atoms with Gasteiger partial charge in [-0.15, -0.1) is 0 Å². The lowest BCUT2D eigenvalue weighted by Crippen LogP contribution is -2.50. The Morgan fingerprint density at radius 3 is 2.65 bits per heavy atom. The standard InChI is InChI=1S/C18H26B3ClN6O2S/c19-13-16(31-9-1-4-25-14(24)11(9)22)26-12(18(20,21)29)15(27-13)28-5-2-17(3-6-28)8-30-7-10(17)23/h1,4,10,29H,2-3,5-8,19-21,23H2,(H2,24,25)/t10-/m1/s1. The molecule has 0 saturated carbocycles. The molecular weight excluding hydrogens is 432 g/mol. The summed E-state index contributed by atoms with van der Waals surface area (Å²) in [4.78, 5) is 16.7. The third-order valence-corrected chi connectivity index (χ3v) is 7.86. The second-order valence-electron chi connectivity index (χ2n) is 8.93. The molecule has 0 amide bonds. The molecule has 0 unspecified atom stereocenters. The van der Waals surface area contributed by atoms with Crippen LogP contribution in [-0.2, 0) is 10.1 Å². The van der Waals surface area contributed by atoms with Gasteiger partial charge in [0, 0.05) is 46.6 Å². The van der Waals surface area contributed by atoms with E-state index in [0.29, 0.717) is 22.3 Å². The molecule has 162 valence electrons. The first kappa shape index (κ1) is 22.7. The molecule has 31 heavy (non-hydrogen) atoms. The average molecular weight is 458 g/mol. The Balaban J connectivity index is 1.64. The van der Waals surface area contributed by atoms with Gasteiger partial charge in [0.1, 0.15) is 26.5 Å². The highest BCUT2D eigenvalue weighted by atomic mass is 35.5. The number of hydrogen-bond acceptors (Lipinski definition) is 9. The summed E-state index contributed by atoms with van der Waals surface area (Å²) >= 11 is 7.68. The number of ether oxygens (including phenoxy) is 1. The van der Waals surface area contributed by atoms with Gasteiger partial charge in [-0.25, -0.2) is 15.0 Å². The number of anilines is 2. The van der Waals surface area contributed by atoms with Gasteiger partial charge in [-0.05, 0) is 18.9 Å². The maximum absolute atomic E-state index is 10.9. The number of nitrogens with zero attached hydrogens (tertiary/aromatic N) is 4. The van der Waals surface area contributed by atoms with E-state index >= 15 is 0 Å². The number of nitrogens with two attached hydrogens (primary N) is 2. The van der Waals surface area contributed by atoms with Gasteiger partial charge in [-0.1, -0.05) is 23.4 Å². The van der Waals surface area contributed by atoms with E-state index in [1.807, 2.05) is 7.85 Å². The Morgan fingerprint density at radius 2 is 2.03 bits per heavy atom. The number of rotatable bonds is 4. The monoisotopic (exact) mass is 458 g/mol. The van der Waals surface area contributed by atoms with E-state index in [9.17, 15) is 5.11 Å². The topological polar surface area (TPSA) is 123 Å². The van der Waals surface area contributed by atoms with E-state index in [1.165, 1.54) is 11.8 Å². The number of piperidine rings is 1. The molecule has 0 aliphatic carbocycles. The van der Waals surface area contributed by atoms with Gasteiger partial charge >= 0.3 is 0 Å². The first-order valence-electron chi connectivity index (χ1n) is 10.4. The first-order chi connectivity index (χ1) is 14.6. The quantitative estimate of drug-likeness (QED) is 0.439. The highest BCUT2D eigenvalue weighted by Gasteiger charge is 2.45. The zero-order chi connectivity index (χ0) is 22.4. The maximum atomic E-state index is 10.9. The van der Waals surface area contributed by atoms with Crippen LogP contribution < -0.4 is 22.0 Å². The smallest absolute Gasteiger partial charge is 0.167 e. The van der Waals surface area contributed by atoms with Crippen LogP contribution in [0.5, 0.6) is 0 Å². The van der Waals surface area contributed by atoms with Gasteiger partial charge in [-0.2, -0.15) is 0 Å². The van der Waals surface area contributed by atoms with Gasteiger partial charge in [0.05, 0.1) is 23.9 Å². The van der Waals surface area contributed by atoms with Crippen LogP contribution >= 0.6 is 23.4 Å². The second kappa shape index (κ2) is 8.48. The van der Waals surface area contributed by atoms with Crippen molar-refractivity contribution in [2.45, 2.75) is 34.2 Å². The number of aromatic nitrogens is 3. The van der Waals surface area contributed by atoms with Gasteiger partial charge in [-0.3, -0.25) is 0 Å². The fourth-order valence-corrected chi connectivity index (χ4v) is 5.29. The molecule has 0 aromatic carbocycles. The van der Waals surface area contributed by atoms with Crippen molar-refractivity contribution in [3.8, 4) is 0 Å². The predicted molar refractivity (Wildman–Crippen MR) is 132 cm³/mol. The minimum atomic E-state index is -1.16. The summed E-state index contributed by atoms with van der Waals surface area (Å²) in [5.41, 5.74) is 13.5. The molecule has 2 aliphatic rings. The van der Waals surface area contributed by atoms with E-state index in [2.05, 4.69) is 9.88 Å². The summed E-state index contributed by atoms with van der Waals surface area (Å²) in [6.45, 7) is 2.94. The number of hydrogen-bond donors (Lipinski definition) is 3. The molecule has 0 bridgehead atoms. The summed E-state index contributed by atoms with van der Waals surface area (Å²) in [6, 6.07) is 1.87. The number of halogens is 1. The minimum absolute atomic E-state index is 0.0433. The van der Waals surface area contributed by atoms with Crippen molar-refractivity contribution in [2.75, 3.05) is 36.9 Å². The Morgan fingerprint density at radius 1 is 1.32 bits per heavy atom. The Bertz CT molecular complexity index is 987. The van der Waals surface area contributed by atoms with E-state index in [1.54, 1.807) is 28.0 Å². The van der Waals surface area contributed by atoms with E-state index in [-0.39, 0.29) is 17.3 Å². The molecule has 0 radical (unpaired) electrons. The molecule has 2 aliphatic heterocycles. The Kier molecular flexibility index (Phi) is 6.22. The van der Waals surface area contributed by atoms with Crippen LogP contribution in [0.2, 0.25) is 5.02 Å². The molecule has 2 fully saturated rings. The van der Waals surface area contributed by atoms with Crippen LogP contribution in [0.3, 0.4) is 0 Å². The van der Waals surface area contributed by atoms with Crippen molar-refractivity contribution in [3.05, 3.63) is 23.0 Å². The lowest BCUT2D eigenvalue weighted by atomic mass is 9.63. The number of pyridine rings is 1. The number of aliphatic hydroxyl groups is 1. The van der Waals surface area contributed by atoms with Crippen LogP contribution in [0.15, 0.2) is 22.2 Å². The molecule has 1 atom stereocenters. The predicted octanol–water partition coefficient (Wildman–Crippen LogP) is -2.17. The van der Waals surface area contributed by atoms with Gasteiger partial charge in [0.15, 0.2) is 13.7 Å². The van der Waals surface area contributed by atoms with Crippen molar-refractivity contribution in [1.82, 2.24) is 15.0 Å². The second-order valence-corrected chi connectivity index (χ2v) is 10.3. The molecular formula is C18H26B3ClN6O2S. The Hall–Kier alpha value is -1.46. The van der Waals surface area contributed by atoms with Crippen LogP contribution in [0.25, 0.3) is 0 Å². The zero-order valence-corrected chi connectivity index (χ0v) is 19.6. The average Bonchev–Trinajstić information content (AvgIpc) is 3.06. The van der Waals surface area contributed by atoms with E-state index in [0.717, 1.165) is 48.8 Å². The SMILES string of the molecule is Bc1nc(N2CCC3(CC2)COC[C@H]3N)c(C(B)(B)O)nc1Sc1ccnc(N)c1Cl. The summed E-state index contributed by atoms with van der Waals surface area (Å²) in [5, 5.41) is 10.8. The van der Waals surface area contributed by atoms with Crippen molar-refractivity contribution in [3.63, 3.8) is 0 Å². The third kappa shape index (κ3) is 4.41. The van der Waals surface area contributed by atoms with Crippen molar-refractivity contribution < 1.29 is 9.84 Å². The van der Waals surface area contributed by atoms with Crippen LogP contribution in [0.4, 0.5) is 11.6 Å². The lowest BCUT2D eigenvalue weighted by molar-refractivity contribution is 0.131. The maximum Gasteiger partial charge on any atom is 0.167 e. The van der Waals surface area contributed by atoms with Crippen LogP contribution in [0.1, 0.15) is 18.5 Å². The van der Waals surface area contributed by atoms with Crippen molar-refractivity contribution in [1.29, 1.82) is 0 Å². The fraction of sp³-hybridized carbons (Fsp3) is 0.500. The third-order valence-electron chi connectivity index (χ3n) is 6.21. The van der Waals surface area contributed by atoms with Gasteiger partial charge in [0.2, 0.25) is 0 Å². The normalized spacial score (nSPS) is 21.0. The van der Waals surface area contributed by atoms with Gasteiger partial charge in [0.25, 0.3) is 0 Å². The molecule has 1 spiro atoms. The van der Waals surface area contributed by atoms with Crippen molar-refractivity contribution in [2.24, 2.45) is 11.1 Å². The largest absolute Gasteiger partial charge is 0.402 e. The lowest BCUT2D eigenvalue weighted by Gasteiger charge is -2.42. The summed E-state index contributed by atoms with van der Waals surface area (Å²) in [5.74, 6) is 0.991. The Labute approximate surface area is 194 Å². The first-order valence-corrected chi connectivity index (χ1v) is 11.6. The van der Waals surface area contributed by atoms with E-state index in [4.69, 9.17) is 37.8 Å². The molecule has 8 nitrogen and oxygen atoms in total. The highest BCUT2D eigenvalue weighted by Crippen LogP contribution is 2.40. The van der Waals surface area contributed by atoms with Gasteiger partial charge < -0.3 is 26.2 Å². The molecule has 2 aromatic heterocycles. The van der Waals surface area contributed by atoms with Crippen LogP contribution in [0, 0.1) is 5.41 Å². The zero-order valence-electron chi connectivity index (χ0n) is 18.1. The fourth-order valence-electron chi connectivity index (χ4n) is 4.20. The summed E-state index contributed by atoms with van der Waals surface area (Å²) in [7, 11) is 5.37. The highest BCUT2D eigenvalue weighted by molar-refractivity contribution is 7.99. The minimum Gasteiger partial charge on any atom is -0.402 e. The molecule has 2 aromatic rings. The molecule has 5 N–H and O–H groups in total. The summed E-state index contributed by atoms with van der Waals surface area (Å²) in [6.07, 6.45) is 3.48. The number of nitrogen functional groups attached to an aromatic ring is 1. The molecule has 4 heterocycles. The molecule has 4 rings (SSSR count).